The van der Waals surface area contributed by atoms with Gasteiger partial charge in [0, 0.05) is 25.2 Å². The summed E-state index contributed by atoms with van der Waals surface area (Å²) < 4.78 is 0. The monoisotopic (exact) mass is 272 g/mol. The van der Waals surface area contributed by atoms with Gasteiger partial charge in [0.15, 0.2) is 0 Å². The lowest BCUT2D eigenvalue weighted by Gasteiger charge is -2.25. The molecule has 0 saturated carbocycles. The molecule has 1 fully saturated rings. The molecule has 1 aromatic carbocycles. The Kier molecular flexibility index (Phi) is 4.31. The van der Waals surface area contributed by atoms with Crippen molar-refractivity contribution < 1.29 is 0 Å². The Bertz CT molecular complexity index is 395. The van der Waals surface area contributed by atoms with E-state index in [0.717, 1.165) is 18.7 Å². The second-order valence-electron chi connectivity index (χ2n) is 4.59. The van der Waals surface area contributed by atoms with E-state index in [1.807, 2.05) is 19.2 Å². The second-order valence-corrected chi connectivity index (χ2v) is 5.37. The van der Waals surface area contributed by atoms with Gasteiger partial charge in [0.05, 0.1) is 10.0 Å². The van der Waals surface area contributed by atoms with Crippen LogP contribution in [0.4, 0.5) is 0 Å². The van der Waals surface area contributed by atoms with Crippen molar-refractivity contribution in [1.82, 2.24) is 10.2 Å². The first kappa shape index (κ1) is 13.2. The smallest absolute Gasteiger partial charge is 0.0640 e. The molecule has 1 aliphatic rings. The molecule has 0 aliphatic carbocycles. The van der Waals surface area contributed by atoms with Gasteiger partial charge in [-0.05, 0) is 32.0 Å². The molecule has 0 amide bonds. The number of likely N-dealkylation sites (N-methyl/N-ethyl adjacent to an activating group) is 1. The van der Waals surface area contributed by atoms with E-state index >= 15 is 0 Å². The molecule has 0 aromatic heterocycles. The number of likely N-dealkylation sites (tertiary alicyclic amines) is 1. The zero-order valence-corrected chi connectivity index (χ0v) is 11.7. The maximum Gasteiger partial charge on any atom is 0.0640 e. The van der Waals surface area contributed by atoms with Gasteiger partial charge in [-0.3, -0.25) is 4.90 Å². The van der Waals surface area contributed by atoms with E-state index in [2.05, 4.69) is 23.2 Å². The Morgan fingerprint density at radius 3 is 2.82 bits per heavy atom. The molecule has 1 saturated heterocycles. The lowest BCUT2D eigenvalue weighted by molar-refractivity contribution is 0.257. The van der Waals surface area contributed by atoms with Crippen molar-refractivity contribution in [1.29, 1.82) is 0 Å². The van der Waals surface area contributed by atoms with Crippen molar-refractivity contribution in [2.75, 3.05) is 20.1 Å². The summed E-state index contributed by atoms with van der Waals surface area (Å²) in [4.78, 5) is 2.44. The van der Waals surface area contributed by atoms with Crippen molar-refractivity contribution in [2.24, 2.45) is 0 Å². The van der Waals surface area contributed by atoms with Gasteiger partial charge < -0.3 is 5.32 Å². The summed E-state index contributed by atoms with van der Waals surface area (Å²) >= 11 is 12.3. The fourth-order valence-corrected chi connectivity index (χ4v) is 2.88. The fourth-order valence-electron chi connectivity index (χ4n) is 2.41. The molecule has 2 nitrogen and oxygen atoms in total. The van der Waals surface area contributed by atoms with Crippen LogP contribution in [0.2, 0.25) is 10.0 Å². The van der Waals surface area contributed by atoms with Crippen LogP contribution in [-0.2, 0) is 0 Å². The minimum absolute atomic E-state index is 0.319. The van der Waals surface area contributed by atoms with Crippen LogP contribution in [0.3, 0.4) is 0 Å². The van der Waals surface area contributed by atoms with Gasteiger partial charge in [-0.15, -0.1) is 0 Å². The SMILES string of the molecule is CNC1CCN(C(C)c2cccc(Cl)c2Cl)C1. The van der Waals surface area contributed by atoms with Crippen LogP contribution in [0.5, 0.6) is 0 Å². The van der Waals surface area contributed by atoms with E-state index in [1.165, 1.54) is 6.42 Å². The molecule has 1 heterocycles. The summed E-state index contributed by atoms with van der Waals surface area (Å²) in [7, 11) is 2.02. The average Bonchev–Trinajstić information content (AvgIpc) is 2.80. The van der Waals surface area contributed by atoms with E-state index in [-0.39, 0.29) is 0 Å². The van der Waals surface area contributed by atoms with E-state index in [9.17, 15) is 0 Å². The zero-order valence-electron chi connectivity index (χ0n) is 10.2. The van der Waals surface area contributed by atoms with Gasteiger partial charge in [-0.1, -0.05) is 35.3 Å². The normalized spacial score (nSPS) is 22.9. The molecule has 0 radical (unpaired) electrons. The molecule has 17 heavy (non-hydrogen) atoms. The number of nitrogens with zero attached hydrogens (tertiary/aromatic N) is 1. The van der Waals surface area contributed by atoms with E-state index in [4.69, 9.17) is 23.2 Å². The lowest BCUT2D eigenvalue weighted by Crippen LogP contribution is -2.31. The third-order valence-corrected chi connectivity index (χ3v) is 4.44. The van der Waals surface area contributed by atoms with Crippen molar-refractivity contribution in [3.63, 3.8) is 0 Å². The Balaban J connectivity index is 2.15. The molecular formula is C13H18Cl2N2. The van der Waals surface area contributed by atoms with Gasteiger partial charge in [0.2, 0.25) is 0 Å². The Labute approximate surface area is 113 Å². The highest BCUT2D eigenvalue weighted by Gasteiger charge is 2.26. The van der Waals surface area contributed by atoms with Crippen LogP contribution in [0.1, 0.15) is 24.9 Å². The molecule has 4 heteroatoms. The molecule has 2 rings (SSSR count). The highest BCUT2D eigenvalue weighted by atomic mass is 35.5. The topological polar surface area (TPSA) is 15.3 Å². The Morgan fingerprint density at radius 1 is 1.41 bits per heavy atom. The van der Waals surface area contributed by atoms with Crippen LogP contribution in [0, 0.1) is 0 Å². The third kappa shape index (κ3) is 2.76. The van der Waals surface area contributed by atoms with E-state index < -0.39 is 0 Å². The quantitative estimate of drug-likeness (QED) is 0.908. The summed E-state index contributed by atoms with van der Waals surface area (Å²) in [5.41, 5.74) is 1.12. The zero-order chi connectivity index (χ0) is 12.4. The molecule has 2 unspecified atom stereocenters. The fraction of sp³-hybridized carbons (Fsp3) is 0.538. The first-order valence-electron chi connectivity index (χ1n) is 5.98. The molecule has 1 aliphatic heterocycles. The largest absolute Gasteiger partial charge is 0.316 e. The number of hydrogen-bond acceptors (Lipinski definition) is 2. The lowest BCUT2D eigenvalue weighted by atomic mass is 10.1. The van der Waals surface area contributed by atoms with Gasteiger partial charge in [-0.25, -0.2) is 0 Å². The number of rotatable bonds is 3. The van der Waals surface area contributed by atoms with Crippen molar-refractivity contribution >= 4 is 23.2 Å². The standard InChI is InChI=1S/C13H18Cl2N2/c1-9(17-7-6-10(8-17)16-2)11-4-3-5-12(14)13(11)15/h3-5,9-10,16H,6-8H2,1-2H3. The number of hydrogen-bond donors (Lipinski definition) is 1. The third-order valence-electron chi connectivity index (χ3n) is 3.61. The number of nitrogens with one attached hydrogen (secondary N) is 1. The highest BCUT2D eigenvalue weighted by molar-refractivity contribution is 6.42. The van der Waals surface area contributed by atoms with Crippen molar-refractivity contribution in [3.8, 4) is 0 Å². The van der Waals surface area contributed by atoms with E-state index in [1.54, 1.807) is 0 Å². The van der Waals surface area contributed by atoms with Gasteiger partial charge in [0.1, 0.15) is 0 Å². The van der Waals surface area contributed by atoms with E-state index in [0.29, 0.717) is 22.1 Å². The van der Waals surface area contributed by atoms with Gasteiger partial charge in [0.25, 0.3) is 0 Å². The summed E-state index contributed by atoms with van der Waals surface area (Å²) in [5.74, 6) is 0. The Morgan fingerprint density at radius 2 is 2.18 bits per heavy atom. The Hall–Kier alpha value is -0.280. The molecular weight excluding hydrogens is 255 g/mol. The molecule has 0 spiro atoms. The first-order chi connectivity index (χ1) is 8.13. The molecule has 1 N–H and O–H groups in total. The molecule has 2 atom stereocenters. The maximum absolute atomic E-state index is 6.26. The summed E-state index contributed by atoms with van der Waals surface area (Å²) in [6, 6.07) is 6.77. The van der Waals surface area contributed by atoms with Crippen molar-refractivity contribution in [3.05, 3.63) is 33.8 Å². The van der Waals surface area contributed by atoms with Crippen molar-refractivity contribution in [2.45, 2.75) is 25.4 Å². The highest BCUT2D eigenvalue weighted by Crippen LogP contribution is 2.33. The summed E-state index contributed by atoms with van der Waals surface area (Å²) in [5, 5.41) is 4.65. The average molecular weight is 273 g/mol. The molecule has 94 valence electrons. The van der Waals surface area contributed by atoms with Crippen LogP contribution < -0.4 is 5.32 Å². The summed E-state index contributed by atoms with van der Waals surface area (Å²) in [6.45, 7) is 4.37. The van der Waals surface area contributed by atoms with Crippen LogP contribution in [-0.4, -0.2) is 31.1 Å². The predicted octanol–water partition coefficient (Wildman–Crippen LogP) is 3.35. The molecule has 0 bridgehead atoms. The van der Waals surface area contributed by atoms with Crippen LogP contribution in [0.15, 0.2) is 18.2 Å². The van der Waals surface area contributed by atoms with Gasteiger partial charge in [-0.2, -0.15) is 0 Å². The minimum atomic E-state index is 0.319. The number of benzene rings is 1. The number of halogens is 2. The predicted molar refractivity (Wildman–Crippen MR) is 73.9 cm³/mol. The van der Waals surface area contributed by atoms with Crippen LogP contribution in [0.25, 0.3) is 0 Å². The first-order valence-corrected chi connectivity index (χ1v) is 6.74. The van der Waals surface area contributed by atoms with Gasteiger partial charge >= 0.3 is 0 Å². The summed E-state index contributed by atoms with van der Waals surface area (Å²) in [6.07, 6.45) is 1.19. The minimum Gasteiger partial charge on any atom is -0.316 e. The maximum atomic E-state index is 6.26. The molecule has 1 aromatic rings. The second kappa shape index (κ2) is 5.57. The van der Waals surface area contributed by atoms with Crippen LogP contribution >= 0.6 is 23.2 Å².